The monoisotopic (exact) mass is 267 g/mol. The van der Waals surface area contributed by atoms with Crippen molar-refractivity contribution in [2.24, 2.45) is 5.73 Å². The van der Waals surface area contributed by atoms with Gasteiger partial charge in [0.25, 0.3) is 0 Å². The van der Waals surface area contributed by atoms with Crippen LogP contribution in [0.25, 0.3) is 0 Å². The SMILES string of the molecule is NC(Cc1ccccc1)S(=O)(=O)C1CCCCC1. The van der Waals surface area contributed by atoms with Crippen LogP contribution in [0.3, 0.4) is 0 Å². The summed E-state index contributed by atoms with van der Waals surface area (Å²) in [5, 5.41) is -0.979. The Morgan fingerprint density at radius 2 is 1.72 bits per heavy atom. The van der Waals surface area contributed by atoms with Crippen LogP contribution < -0.4 is 5.73 Å². The topological polar surface area (TPSA) is 60.2 Å². The molecule has 1 saturated carbocycles. The molecule has 3 nitrogen and oxygen atoms in total. The molecule has 1 aliphatic rings. The van der Waals surface area contributed by atoms with Crippen LogP contribution in [0.1, 0.15) is 37.7 Å². The minimum absolute atomic E-state index is 0.218. The average Bonchev–Trinajstić information content (AvgIpc) is 2.41. The fourth-order valence-electron chi connectivity index (χ4n) is 2.60. The lowest BCUT2D eigenvalue weighted by molar-refractivity contribution is 0.477. The normalized spacial score (nSPS) is 19.6. The predicted molar refractivity (Wildman–Crippen MR) is 73.9 cm³/mol. The molecule has 0 aliphatic heterocycles. The highest BCUT2D eigenvalue weighted by atomic mass is 32.2. The van der Waals surface area contributed by atoms with Crippen LogP contribution >= 0.6 is 0 Å². The van der Waals surface area contributed by atoms with Crippen LogP contribution in [0.15, 0.2) is 30.3 Å². The molecule has 1 fully saturated rings. The summed E-state index contributed by atoms with van der Waals surface area (Å²) in [5.74, 6) is 0. The van der Waals surface area contributed by atoms with Gasteiger partial charge in [-0.3, -0.25) is 0 Å². The van der Waals surface area contributed by atoms with Crippen LogP contribution in [-0.2, 0) is 16.3 Å². The highest BCUT2D eigenvalue weighted by Gasteiger charge is 2.32. The van der Waals surface area contributed by atoms with Gasteiger partial charge in [-0.1, -0.05) is 49.6 Å². The lowest BCUT2D eigenvalue weighted by atomic mass is 10.0. The van der Waals surface area contributed by atoms with Gasteiger partial charge in [0.15, 0.2) is 9.84 Å². The van der Waals surface area contributed by atoms with E-state index >= 15 is 0 Å². The zero-order valence-corrected chi connectivity index (χ0v) is 11.4. The smallest absolute Gasteiger partial charge is 0.169 e. The summed E-state index contributed by atoms with van der Waals surface area (Å²) in [6.07, 6.45) is 5.17. The molecule has 0 bridgehead atoms. The van der Waals surface area contributed by atoms with Gasteiger partial charge in [-0.05, 0) is 18.4 Å². The summed E-state index contributed by atoms with van der Waals surface area (Å²) in [6.45, 7) is 0. The van der Waals surface area contributed by atoms with Gasteiger partial charge in [-0.25, -0.2) is 8.42 Å². The maximum Gasteiger partial charge on any atom is 0.169 e. The molecule has 2 rings (SSSR count). The number of sulfone groups is 1. The van der Waals surface area contributed by atoms with Gasteiger partial charge in [0.2, 0.25) is 0 Å². The van der Waals surface area contributed by atoms with Gasteiger partial charge in [0, 0.05) is 6.42 Å². The highest BCUT2D eigenvalue weighted by Crippen LogP contribution is 2.26. The fourth-order valence-corrected chi connectivity index (χ4v) is 4.51. The van der Waals surface area contributed by atoms with E-state index < -0.39 is 15.2 Å². The Morgan fingerprint density at radius 3 is 2.33 bits per heavy atom. The molecule has 0 saturated heterocycles. The van der Waals surface area contributed by atoms with Crippen LogP contribution in [0.2, 0.25) is 0 Å². The van der Waals surface area contributed by atoms with Gasteiger partial charge in [0.05, 0.1) is 5.25 Å². The van der Waals surface area contributed by atoms with E-state index in [0.717, 1.165) is 37.7 Å². The van der Waals surface area contributed by atoms with Gasteiger partial charge in [-0.2, -0.15) is 0 Å². The molecule has 18 heavy (non-hydrogen) atoms. The first kappa shape index (κ1) is 13.6. The van der Waals surface area contributed by atoms with Gasteiger partial charge in [0.1, 0.15) is 5.37 Å². The van der Waals surface area contributed by atoms with Crippen LogP contribution in [0, 0.1) is 0 Å². The summed E-state index contributed by atoms with van der Waals surface area (Å²) in [4.78, 5) is 0. The van der Waals surface area contributed by atoms with Crippen LogP contribution in [0.4, 0.5) is 0 Å². The highest BCUT2D eigenvalue weighted by molar-refractivity contribution is 7.92. The molecule has 1 atom stereocenters. The number of nitrogens with two attached hydrogens (primary N) is 1. The Balaban J connectivity index is 2.05. The lowest BCUT2D eigenvalue weighted by Crippen LogP contribution is -2.40. The zero-order valence-electron chi connectivity index (χ0n) is 10.6. The van der Waals surface area contributed by atoms with Gasteiger partial charge in [-0.15, -0.1) is 0 Å². The van der Waals surface area contributed by atoms with E-state index in [1.165, 1.54) is 0 Å². The first-order valence-electron chi connectivity index (χ1n) is 6.63. The molecule has 0 aromatic heterocycles. The van der Waals surface area contributed by atoms with Gasteiger partial charge >= 0.3 is 0 Å². The van der Waals surface area contributed by atoms with E-state index in [2.05, 4.69) is 0 Å². The minimum Gasteiger partial charge on any atom is -0.315 e. The van der Waals surface area contributed by atoms with Crippen molar-refractivity contribution in [2.45, 2.75) is 49.1 Å². The second-order valence-electron chi connectivity index (χ2n) is 5.08. The number of rotatable bonds is 4. The summed E-state index contributed by atoms with van der Waals surface area (Å²) in [7, 11) is -3.18. The van der Waals surface area contributed by atoms with E-state index in [1.807, 2.05) is 30.3 Å². The predicted octanol–water partition coefficient (Wildman–Crippen LogP) is 2.26. The molecule has 1 aliphatic carbocycles. The Morgan fingerprint density at radius 1 is 1.11 bits per heavy atom. The molecule has 1 aromatic rings. The van der Waals surface area contributed by atoms with Crippen molar-refractivity contribution in [3.05, 3.63) is 35.9 Å². The first-order chi connectivity index (χ1) is 8.60. The zero-order chi connectivity index (χ0) is 13.0. The van der Waals surface area contributed by atoms with E-state index in [0.29, 0.717) is 6.42 Å². The molecule has 0 amide bonds. The van der Waals surface area contributed by atoms with Crippen molar-refractivity contribution >= 4 is 9.84 Å². The van der Waals surface area contributed by atoms with Crippen molar-refractivity contribution in [3.8, 4) is 0 Å². The Kier molecular flexibility index (Phi) is 4.40. The van der Waals surface area contributed by atoms with E-state index in [1.54, 1.807) is 0 Å². The van der Waals surface area contributed by atoms with Crippen molar-refractivity contribution in [3.63, 3.8) is 0 Å². The quantitative estimate of drug-likeness (QED) is 0.910. The molecule has 2 N–H and O–H groups in total. The lowest BCUT2D eigenvalue weighted by Gasteiger charge is -2.25. The van der Waals surface area contributed by atoms with Gasteiger partial charge < -0.3 is 5.73 Å². The number of benzene rings is 1. The summed E-state index contributed by atoms with van der Waals surface area (Å²) in [5.41, 5.74) is 6.92. The maximum absolute atomic E-state index is 12.4. The minimum atomic E-state index is -3.18. The Hall–Kier alpha value is -0.870. The Labute approximate surface area is 109 Å². The van der Waals surface area contributed by atoms with Crippen molar-refractivity contribution in [2.75, 3.05) is 0 Å². The van der Waals surface area contributed by atoms with Crippen LogP contribution in [0.5, 0.6) is 0 Å². The van der Waals surface area contributed by atoms with Crippen molar-refractivity contribution in [1.29, 1.82) is 0 Å². The van der Waals surface area contributed by atoms with Crippen LogP contribution in [-0.4, -0.2) is 19.0 Å². The molecular formula is C14H21NO2S. The van der Waals surface area contributed by atoms with E-state index in [-0.39, 0.29) is 5.25 Å². The van der Waals surface area contributed by atoms with Crippen molar-refractivity contribution in [1.82, 2.24) is 0 Å². The third-order valence-electron chi connectivity index (χ3n) is 3.72. The third kappa shape index (κ3) is 3.12. The molecule has 0 spiro atoms. The molecule has 1 unspecified atom stereocenters. The number of hydrogen-bond acceptors (Lipinski definition) is 3. The summed E-state index contributed by atoms with van der Waals surface area (Å²) >= 11 is 0. The van der Waals surface area contributed by atoms with Crippen molar-refractivity contribution < 1.29 is 8.42 Å². The van der Waals surface area contributed by atoms with E-state index in [9.17, 15) is 8.42 Å². The molecular weight excluding hydrogens is 246 g/mol. The fraction of sp³-hybridized carbons (Fsp3) is 0.571. The number of hydrogen-bond donors (Lipinski definition) is 1. The second-order valence-corrected chi connectivity index (χ2v) is 7.53. The second kappa shape index (κ2) is 5.85. The summed E-state index contributed by atoms with van der Waals surface area (Å²) < 4.78 is 24.7. The molecule has 4 heteroatoms. The molecule has 0 radical (unpaired) electrons. The maximum atomic E-state index is 12.4. The van der Waals surface area contributed by atoms with E-state index in [4.69, 9.17) is 5.73 Å². The average molecular weight is 267 g/mol. The largest absolute Gasteiger partial charge is 0.315 e. The first-order valence-corrected chi connectivity index (χ1v) is 8.24. The standard InChI is InChI=1S/C14H21NO2S/c15-14(11-12-7-3-1-4-8-12)18(16,17)13-9-5-2-6-10-13/h1,3-4,7-8,13-14H,2,5-6,9-11,15H2. The third-order valence-corrected chi connectivity index (χ3v) is 6.13. The summed E-state index contributed by atoms with van der Waals surface area (Å²) in [6, 6.07) is 9.60. The molecule has 100 valence electrons. The Bertz CT molecular complexity index is 464. The molecule has 0 heterocycles. The molecule has 1 aromatic carbocycles.